The van der Waals surface area contributed by atoms with E-state index in [1.165, 1.54) is 12.8 Å². The van der Waals surface area contributed by atoms with Crippen molar-refractivity contribution in [1.82, 2.24) is 10.3 Å². The maximum atomic E-state index is 11.5. The third-order valence-electron chi connectivity index (χ3n) is 4.37. The Hall–Kier alpha value is -0.940. The van der Waals surface area contributed by atoms with Crippen molar-refractivity contribution in [3.8, 4) is 0 Å². The first kappa shape index (κ1) is 15.4. The van der Waals surface area contributed by atoms with E-state index in [0.29, 0.717) is 12.0 Å². The van der Waals surface area contributed by atoms with Crippen LogP contribution in [0.5, 0.6) is 0 Å². The van der Waals surface area contributed by atoms with Crippen molar-refractivity contribution in [3.05, 3.63) is 11.1 Å². The Morgan fingerprint density at radius 2 is 2.25 bits per heavy atom. The van der Waals surface area contributed by atoms with Gasteiger partial charge in [0.1, 0.15) is 0 Å². The summed E-state index contributed by atoms with van der Waals surface area (Å²) in [5, 5.41) is 6.38. The van der Waals surface area contributed by atoms with Crippen LogP contribution in [0.25, 0.3) is 0 Å². The number of hydrogen-bond acceptors (Lipinski definition) is 4. The van der Waals surface area contributed by atoms with E-state index >= 15 is 0 Å². The number of nitrogens with zero attached hydrogens (tertiary/aromatic N) is 2. The van der Waals surface area contributed by atoms with Gasteiger partial charge in [0.25, 0.3) is 0 Å². The number of carbonyl (C=O) groups excluding carboxylic acids is 1. The van der Waals surface area contributed by atoms with Crippen molar-refractivity contribution >= 4 is 22.4 Å². The zero-order valence-corrected chi connectivity index (χ0v) is 13.7. The minimum absolute atomic E-state index is 0.0538. The standard InChI is InChI=1S/C15H25N3OS/c1-5-18(12(4)19)14-17-13(9-20-14)8-16-10-15(6-7-15)11(2)3/h9,11,16H,5-8,10H2,1-4H3. The summed E-state index contributed by atoms with van der Waals surface area (Å²) in [4.78, 5) is 17.8. The minimum Gasteiger partial charge on any atom is -0.311 e. The largest absolute Gasteiger partial charge is 0.311 e. The fourth-order valence-electron chi connectivity index (χ4n) is 2.55. The number of anilines is 1. The number of hydrogen-bond donors (Lipinski definition) is 1. The Labute approximate surface area is 125 Å². The molecule has 0 unspecified atom stereocenters. The van der Waals surface area contributed by atoms with Crippen molar-refractivity contribution in [2.24, 2.45) is 11.3 Å². The van der Waals surface area contributed by atoms with Crippen LogP contribution in [-0.2, 0) is 11.3 Å². The topological polar surface area (TPSA) is 45.2 Å². The monoisotopic (exact) mass is 295 g/mol. The van der Waals surface area contributed by atoms with Gasteiger partial charge in [-0.1, -0.05) is 13.8 Å². The highest BCUT2D eigenvalue weighted by Crippen LogP contribution is 2.51. The van der Waals surface area contributed by atoms with Crippen LogP contribution in [0.15, 0.2) is 5.38 Å². The summed E-state index contributed by atoms with van der Waals surface area (Å²) in [7, 11) is 0. The Bertz CT molecular complexity index is 465. The number of thiazole rings is 1. The first-order valence-electron chi connectivity index (χ1n) is 7.42. The molecule has 1 aliphatic carbocycles. The second kappa shape index (κ2) is 6.22. The molecule has 1 aliphatic rings. The predicted octanol–water partition coefficient (Wildman–Crippen LogP) is 3.04. The third kappa shape index (κ3) is 3.38. The van der Waals surface area contributed by atoms with E-state index in [4.69, 9.17) is 0 Å². The van der Waals surface area contributed by atoms with Crippen molar-refractivity contribution in [2.75, 3.05) is 18.0 Å². The molecule has 1 N–H and O–H groups in total. The molecule has 1 fully saturated rings. The van der Waals surface area contributed by atoms with Gasteiger partial charge < -0.3 is 5.32 Å². The molecule has 1 aromatic heterocycles. The fourth-order valence-corrected chi connectivity index (χ4v) is 3.48. The molecule has 1 amide bonds. The minimum atomic E-state index is 0.0538. The van der Waals surface area contributed by atoms with E-state index in [-0.39, 0.29) is 5.91 Å². The van der Waals surface area contributed by atoms with Crippen LogP contribution >= 0.6 is 11.3 Å². The summed E-state index contributed by atoms with van der Waals surface area (Å²) in [5.74, 6) is 0.799. The molecule has 112 valence electrons. The number of rotatable bonds is 7. The van der Waals surface area contributed by atoms with Crippen LogP contribution in [0.2, 0.25) is 0 Å². The van der Waals surface area contributed by atoms with Gasteiger partial charge in [0.2, 0.25) is 5.91 Å². The van der Waals surface area contributed by atoms with Gasteiger partial charge >= 0.3 is 0 Å². The molecule has 0 radical (unpaired) electrons. The molecule has 5 heteroatoms. The van der Waals surface area contributed by atoms with Crippen LogP contribution in [0.1, 0.15) is 46.2 Å². The highest BCUT2D eigenvalue weighted by molar-refractivity contribution is 7.14. The van der Waals surface area contributed by atoms with Gasteiger partial charge in [-0.2, -0.15) is 0 Å². The van der Waals surface area contributed by atoms with Crippen molar-refractivity contribution in [2.45, 2.75) is 47.1 Å². The van der Waals surface area contributed by atoms with Gasteiger partial charge in [0.05, 0.1) is 5.69 Å². The molecule has 4 nitrogen and oxygen atoms in total. The van der Waals surface area contributed by atoms with Gasteiger partial charge in [-0.05, 0) is 31.1 Å². The Kier molecular flexibility index (Phi) is 4.81. The molecule has 0 aromatic carbocycles. The molecule has 0 spiro atoms. The maximum absolute atomic E-state index is 11.5. The van der Waals surface area contributed by atoms with Gasteiger partial charge in [-0.25, -0.2) is 4.98 Å². The van der Waals surface area contributed by atoms with E-state index in [1.54, 1.807) is 23.2 Å². The molecule has 2 rings (SSSR count). The lowest BCUT2D eigenvalue weighted by Gasteiger charge is -2.19. The average Bonchev–Trinajstić information content (AvgIpc) is 3.04. The van der Waals surface area contributed by atoms with Crippen molar-refractivity contribution in [3.63, 3.8) is 0 Å². The molecule has 1 aromatic rings. The lowest BCUT2D eigenvalue weighted by molar-refractivity contribution is -0.116. The first-order chi connectivity index (χ1) is 9.48. The fraction of sp³-hybridized carbons (Fsp3) is 0.733. The molecule has 1 heterocycles. The second-order valence-electron chi connectivity index (χ2n) is 6.01. The van der Waals surface area contributed by atoms with Crippen LogP contribution in [0.4, 0.5) is 5.13 Å². The number of nitrogens with one attached hydrogen (secondary N) is 1. The van der Waals surface area contributed by atoms with Crippen LogP contribution < -0.4 is 10.2 Å². The molecule has 1 saturated carbocycles. The summed E-state index contributed by atoms with van der Waals surface area (Å²) in [5.41, 5.74) is 1.55. The maximum Gasteiger partial charge on any atom is 0.225 e. The molecule has 0 bridgehead atoms. The Balaban J connectivity index is 1.86. The number of aromatic nitrogens is 1. The van der Waals surface area contributed by atoms with Crippen molar-refractivity contribution < 1.29 is 4.79 Å². The van der Waals surface area contributed by atoms with Gasteiger partial charge in [-0.3, -0.25) is 9.69 Å². The number of amides is 1. The SMILES string of the molecule is CCN(C(C)=O)c1nc(CNCC2(C(C)C)CC2)cs1. The normalized spacial score (nSPS) is 16.4. The van der Waals surface area contributed by atoms with Gasteiger partial charge in [-0.15, -0.1) is 11.3 Å². The van der Waals surface area contributed by atoms with Gasteiger partial charge in [0.15, 0.2) is 5.13 Å². The highest BCUT2D eigenvalue weighted by Gasteiger charge is 2.44. The lowest BCUT2D eigenvalue weighted by Crippen LogP contribution is -2.28. The molecular weight excluding hydrogens is 270 g/mol. The highest BCUT2D eigenvalue weighted by atomic mass is 32.1. The van der Waals surface area contributed by atoms with Crippen molar-refractivity contribution in [1.29, 1.82) is 0 Å². The molecule has 0 atom stereocenters. The second-order valence-corrected chi connectivity index (χ2v) is 6.84. The quantitative estimate of drug-likeness (QED) is 0.841. The first-order valence-corrected chi connectivity index (χ1v) is 8.29. The summed E-state index contributed by atoms with van der Waals surface area (Å²) >= 11 is 1.54. The summed E-state index contributed by atoms with van der Waals surface area (Å²) in [6.45, 7) is 10.7. The van der Waals surface area contributed by atoms with Gasteiger partial charge in [0, 0.05) is 31.9 Å². The van der Waals surface area contributed by atoms with E-state index in [2.05, 4.69) is 24.1 Å². The van der Waals surface area contributed by atoms with E-state index in [0.717, 1.165) is 29.8 Å². The van der Waals surface area contributed by atoms with E-state index in [9.17, 15) is 4.79 Å². The summed E-state index contributed by atoms with van der Waals surface area (Å²) < 4.78 is 0. The molecular formula is C15H25N3OS. The lowest BCUT2D eigenvalue weighted by atomic mass is 9.92. The Morgan fingerprint density at radius 3 is 2.75 bits per heavy atom. The molecule has 20 heavy (non-hydrogen) atoms. The summed E-state index contributed by atoms with van der Waals surface area (Å²) in [6.07, 6.45) is 2.68. The van der Waals surface area contributed by atoms with E-state index < -0.39 is 0 Å². The third-order valence-corrected chi connectivity index (χ3v) is 5.28. The van der Waals surface area contributed by atoms with E-state index in [1.807, 2.05) is 12.3 Å². The average molecular weight is 295 g/mol. The van der Waals surface area contributed by atoms with Crippen LogP contribution in [0, 0.1) is 11.3 Å². The molecule has 0 aliphatic heterocycles. The summed E-state index contributed by atoms with van der Waals surface area (Å²) in [6, 6.07) is 0. The molecule has 0 saturated heterocycles. The van der Waals surface area contributed by atoms with Crippen LogP contribution in [0.3, 0.4) is 0 Å². The predicted molar refractivity (Wildman–Crippen MR) is 84.0 cm³/mol. The Morgan fingerprint density at radius 1 is 1.55 bits per heavy atom. The zero-order valence-electron chi connectivity index (χ0n) is 12.9. The zero-order chi connectivity index (χ0) is 14.8. The number of carbonyl (C=O) groups is 1. The smallest absolute Gasteiger partial charge is 0.225 e. The van der Waals surface area contributed by atoms with Crippen LogP contribution in [-0.4, -0.2) is 24.0 Å².